The van der Waals surface area contributed by atoms with E-state index in [1.807, 2.05) is 0 Å². The van der Waals surface area contributed by atoms with Crippen LogP contribution in [0.25, 0.3) is 0 Å². The van der Waals surface area contributed by atoms with Crippen molar-refractivity contribution < 1.29 is 44.9 Å². The van der Waals surface area contributed by atoms with Gasteiger partial charge in [-0.3, -0.25) is 4.79 Å². The quantitative estimate of drug-likeness (QED) is 0.0293. The molecule has 1 fully saturated rings. The Bertz CT molecular complexity index is 946. The molecule has 0 aliphatic carbocycles. The number of rotatable bonds is 44. The Morgan fingerprint density at radius 2 is 0.951 bits per heavy atom. The van der Waals surface area contributed by atoms with Crippen LogP contribution in [0.15, 0.2) is 0 Å². The number of carbonyl (C=O) groups is 1. The molecule has 1 saturated heterocycles. The molecule has 0 saturated carbocycles. The fraction of sp³-hybridized carbons (Fsp3) is 0.980. The van der Waals surface area contributed by atoms with E-state index in [2.05, 4.69) is 31.0 Å². The van der Waals surface area contributed by atoms with Crippen molar-refractivity contribution in [3.05, 3.63) is 0 Å². The SMILES string of the molecule is CCCCCCCCCCCCCC[C@@H](O)[C@@H](O)[C@H](CO[C@H]1O[C@H](CO)[C@H](O)[C@H](O)[C@H]1O)NC(=O)CCCCCCCCCN(CCCCCCCC)CCCCCCCC. The topological polar surface area (TPSA) is 172 Å². The number of nitrogens with zero attached hydrogens (tertiary/aromatic N) is 1. The van der Waals surface area contributed by atoms with Crippen molar-refractivity contribution in [1.29, 1.82) is 0 Å². The summed E-state index contributed by atoms with van der Waals surface area (Å²) in [6, 6.07) is -0.992. The Morgan fingerprint density at radius 1 is 0.557 bits per heavy atom. The summed E-state index contributed by atoms with van der Waals surface area (Å²) in [4.78, 5) is 15.8. The predicted molar refractivity (Wildman–Crippen MR) is 249 cm³/mol. The lowest BCUT2D eigenvalue weighted by atomic mass is 9.98. The monoisotopic (exact) mass is 873 g/mol. The molecule has 8 atom stereocenters. The Morgan fingerprint density at radius 3 is 1.38 bits per heavy atom. The Kier molecular flexibility index (Phi) is 38.7. The van der Waals surface area contributed by atoms with Crippen LogP contribution in [0.2, 0.25) is 0 Å². The van der Waals surface area contributed by atoms with E-state index in [1.165, 1.54) is 167 Å². The minimum absolute atomic E-state index is 0.255. The summed E-state index contributed by atoms with van der Waals surface area (Å²) in [5.74, 6) is -0.255. The molecule has 1 aliphatic rings. The molecule has 11 heteroatoms. The van der Waals surface area contributed by atoms with E-state index in [0.29, 0.717) is 12.8 Å². The van der Waals surface area contributed by atoms with Crippen LogP contribution in [-0.4, -0.2) is 123 Å². The molecule has 11 nitrogen and oxygen atoms in total. The van der Waals surface area contributed by atoms with Crippen molar-refractivity contribution in [1.82, 2.24) is 10.2 Å². The minimum Gasteiger partial charge on any atom is -0.394 e. The zero-order chi connectivity index (χ0) is 44.8. The van der Waals surface area contributed by atoms with E-state index in [4.69, 9.17) is 9.47 Å². The minimum atomic E-state index is -1.61. The Balaban J connectivity index is 2.49. The summed E-state index contributed by atoms with van der Waals surface area (Å²) in [6.07, 6.45) is 29.0. The zero-order valence-electron chi connectivity index (χ0n) is 39.8. The number of ether oxygens (including phenoxy) is 2. The number of aliphatic hydroxyl groups excluding tert-OH is 6. The van der Waals surface area contributed by atoms with Gasteiger partial charge in [-0.25, -0.2) is 0 Å². The summed E-state index contributed by atoms with van der Waals surface area (Å²) in [5.41, 5.74) is 0. The van der Waals surface area contributed by atoms with E-state index in [1.54, 1.807) is 0 Å². The van der Waals surface area contributed by atoms with Crippen LogP contribution in [0.4, 0.5) is 0 Å². The average Bonchev–Trinajstić information content (AvgIpc) is 3.26. The fourth-order valence-electron chi connectivity index (χ4n) is 8.61. The summed E-state index contributed by atoms with van der Waals surface area (Å²) in [5, 5.41) is 65.5. The van der Waals surface area contributed by atoms with Crippen LogP contribution in [-0.2, 0) is 14.3 Å². The van der Waals surface area contributed by atoms with E-state index in [0.717, 1.165) is 44.9 Å². The lowest BCUT2D eigenvalue weighted by molar-refractivity contribution is -0.303. The van der Waals surface area contributed by atoms with Crippen molar-refractivity contribution in [2.24, 2.45) is 0 Å². The molecular formula is C50H100N2O9. The smallest absolute Gasteiger partial charge is 0.220 e. The second-order valence-corrected chi connectivity index (χ2v) is 18.5. The lowest BCUT2D eigenvalue weighted by Gasteiger charge is -2.40. The van der Waals surface area contributed by atoms with Crippen molar-refractivity contribution >= 4 is 5.91 Å². The first kappa shape index (κ1) is 58.1. The number of amides is 1. The van der Waals surface area contributed by atoms with Crippen molar-refractivity contribution in [2.45, 2.75) is 282 Å². The number of hydrogen-bond donors (Lipinski definition) is 7. The molecule has 7 N–H and O–H groups in total. The highest BCUT2D eigenvalue weighted by atomic mass is 16.7. The zero-order valence-corrected chi connectivity index (χ0v) is 39.8. The maximum atomic E-state index is 13.1. The molecule has 61 heavy (non-hydrogen) atoms. The number of aliphatic hydroxyl groups is 6. The van der Waals surface area contributed by atoms with Gasteiger partial charge in [0, 0.05) is 6.42 Å². The standard InChI is InChI=1S/C50H100N2O9/c1-4-7-10-13-16-17-18-19-20-22-25-30-35-43(54)46(56)42(41-60-50-49(59)48(58)47(57)44(40-53)61-50)51-45(55)36-31-26-23-21-24-29-34-39-52(37-32-27-14-11-8-5-2)38-33-28-15-12-9-6-3/h42-44,46-50,53-54,56-59H,4-41H2,1-3H3,(H,51,55)/t42-,43+,44+,46-,47-,48-,49+,50-/m0/s1. The van der Waals surface area contributed by atoms with Crippen LogP contribution in [0.1, 0.15) is 233 Å². The predicted octanol–water partition coefficient (Wildman–Crippen LogP) is 9.24. The number of hydrogen-bond acceptors (Lipinski definition) is 10. The van der Waals surface area contributed by atoms with Crippen molar-refractivity contribution in [3.8, 4) is 0 Å². The first-order valence-electron chi connectivity index (χ1n) is 26.0. The van der Waals surface area contributed by atoms with E-state index in [9.17, 15) is 35.4 Å². The normalized spacial score (nSPS) is 20.9. The highest BCUT2D eigenvalue weighted by molar-refractivity contribution is 5.76. The van der Waals surface area contributed by atoms with Gasteiger partial charge in [-0.2, -0.15) is 0 Å². The van der Waals surface area contributed by atoms with Gasteiger partial charge in [0.25, 0.3) is 0 Å². The number of unbranched alkanes of at least 4 members (excludes halogenated alkanes) is 27. The molecule has 0 aromatic rings. The Labute approximate surface area is 374 Å². The Hall–Kier alpha value is -0.890. The summed E-state index contributed by atoms with van der Waals surface area (Å²) in [7, 11) is 0. The molecule has 1 heterocycles. The van der Waals surface area contributed by atoms with E-state index >= 15 is 0 Å². The van der Waals surface area contributed by atoms with Crippen molar-refractivity contribution in [3.63, 3.8) is 0 Å². The maximum absolute atomic E-state index is 13.1. The molecule has 364 valence electrons. The van der Waals surface area contributed by atoms with Crippen LogP contribution in [0.5, 0.6) is 0 Å². The third-order valence-corrected chi connectivity index (χ3v) is 12.8. The number of carbonyl (C=O) groups excluding carboxylic acids is 1. The van der Waals surface area contributed by atoms with E-state index in [-0.39, 0.29) is 18.9 Å². The molecule has 0 spiro atoms. The van der Waals surface area contributed by atoms with Crippen LogP contribution in [0, 0.1) is 0 Å². The van der Waals surface area contributed by atoms with Gasteiger partial charge in [0.05, 0.1) is 25.4 Å². The first-order valence-corrected chi connectivity index (χ1v) is 26.0. The first-order chi connectivity index (χ1) is 29.7. The third-order valence-electron chi connectivity index (χ3n) is 12.8. The largest absolute Gasteiger partial charge is 0.394 e. The summed E-state index contributed by atoms with van der Waals surface area (Å²) in [6.45, 7) is 9.56. The van der Waals surface area contributed by atoms with Crippen LogP contribution in [0.3, 0.4) is 0 Å². The summed E-state index contributed by atoms with van der Waals surface area (Å²) < 4.78 is 11.2. The number of nitrogens with one attached hydrogen (secondary N) is 1. The van der Waals surface area contributed by atoms with Crippen LogP contribution >= 0.6 is 0 Å². The fourth-order valence-corrected chi connectivity index (χ4v) is 8.61. The van der Waals surface area contributed by atoms with Gasteiger partial charge < -0.3 is 50.3 Å². The third kappa shape index (κ3) is 30.0. The second-order valence-electron chi connectivity index (χ2n) is 18.5. The molecule has 1 aliphatic heterocycles. The molecule has 0 radical (unpaired) electrons. The molecular weight excluding hydrogens is 773 g/mol. The van der Waals surface area contributed by atoms with Crippen molar-refractivity contribution in [2.75, 3.05) is 32.8 Å². The molecule has 0 bridgehead atoms. The van der Waals surface area contributed by atoms with Gasteiger partial charge in [0.1, 0.15) is 30.5 Å². The van der Waals surface area contributed by atoms with Gasteiger partial charge in [-0.05, 0) is 51.7 Å². The molecule has 0 aromatic carbocycles. The average molecular weight is 873 g/mol. The lowest BCUT2D eigenvalue weighted by Crippen LogP contribution is -2.60. The highest BCUT2D eigenvalue weighted by Crippen LogP contribution is 2.23. The molecule has 0 aromatic heterocycles. The molecule has 1 rings (SSSR count). The molecule has 1 amide bonds. The highest BCUT2D eigenvalue weighted by Gasteiger charge is 2.44. The molecule has 0 unspecified atom stereocenters. The van der Waals surface area contributed by atoms with Gasteiger partial charge >= 0.3 is 0 Å². The maximum Gasteiger partial charge on any atom is 0.220 e. The van der Waals surface area contributed by atoms with Crippen LogP contribution < -0.4 is 5.32 Å². The van der Waals surface area contributed by atoms with Gasteiger partial charge in [0.15, 0.2) is 6.29 Å². The van der Waals surface area contributed by atoms with Gasteiger partial charge in [0.2, 0.25) is 5.91 Å². The van der Waals surface area contributed by atoms with E-state index < -0.39 is 55.6 Å². The second kappa shape index (κ2) is 40.6. The van der Waals surface area contributed by atoms with Gasteiger partial charge in [-0.15, -0.1) is 0 Å². The summed E-state index contributed by atoms with van der Waals surface area (Å²) >= 11 is 0. The van der Waals surface area contributed by atoms with Gasteiger partial charge in [-0.1, -0.05) is 194 Å².